The number of amides is 3. The monoisotopic (exact) mass is 290 g/mol. The molecular weight excluding hydrogens is 268 g/mol. The number of carbonyl (C=O) groups excluding carboxylic acids is 2. The van der Waals surface area contributed by atoms with Crippen LogP contribution in [0.3, 0.4) is 0 Å². The lowest BCUT2D eigenvalue weighted by atomic mass is 9.92. The fourth-order valence-electron chi connectivity index (χ4n) is 2.73. The number of hydrogen-bond donors (Lipinski definition) is 0. The van der Waals surface area contributed by atoms with Crippen LogP contribution in [0.1, 0.15) is 25.3 Å². The molecule has 1 heterocycles. The first-order valence-electron chi connectivity index (χ1n) is 7.09. The molecule has 1 aliphatic rings. The Hall–Kier alpha value is -2.04. The second kappa shape index (κ2) is 5.76. The molecular formula is C16H22N2O3. The van der Waals surface area contributed by atoms with E-state index in [9.17, 15) is 9.59 Å². The van der Waals surface area contributed by atoms with E-state index in [1.54, 1.807) is 19.1 Å². The van der Waals surface area contributed by atoms with E-state index in [1.807, 2.05) is 31.2 Å². The third-order valence-corrected chi connectivity index (χ3v) is 4.37. The molecule has 1 aromatic rings. The fourth-order valence-corrected chi connectivity index (χ4v) is 2.73. The van der Waals surface area contributed by atoms with Gasteiger partial charge >= 0.3 is 6.03 Å². The molecule has 1 aromatic carbocycles. The summed E-state index contributed by atoms with van der Waals surface area (Å²) in [5.41, 5.74) is 0.477. The lowest BCUT2D eigenvalue weighted by Gasteiger charge is -2.28. The van der Waals surface area contributed by atoms with Crippen molar-refractivity contribution in [1.29, 1.82) is 0 Å². The number of nitrogens with zero attached hydrogens (tertiary/aromatic N) is 2. The molecule has 1 fully saturated rings. The minimum atomic E-state index is -0.724. The number of aryl methyl sites for hydroxylation is 1. The van der Waals surface area contributed by atoms with Crippen LogP contribution in [0.4, 0.5) is 4.79 Å². The Bertz CT molecular complexity index is 541. The predicted molar refractivity (Wildman–Crippen MR) is 80.3 cm³/mol. The summed E-state index contributed by atoms with van der Waals surface area (Å²) in [6, 6.07) is 7.69. The summed E-state index contributed by atoms with van der Waals surface area (Å²) in [6.07, 6.45) is 2.38. The van der Waals surface area contributed by atoms with Crippen LogP contribution in [-0.2, 0) is 11.2 Å². The van der Waals surface area contributed by atoms with E-state index < -0.39 is 5.54 Å². The smallest absolute Gasteiger partial charge is 0.327 e. The molecule has 0 aromatic heterocycles. The van der Waals surface area contributed by atoms with Gasteiger partial charge in [-0.25, -0.2) is 4.79 Å². The molecule has 0 saturated carbocycles. The maximum Gasteiger partial charge on any atom is 0.327 e. The highest BCUT2D eigenvalue weighted by molar-refractivity contribution is 6.06. The summed E-state index contributed by atoms with van der Waals surface area (Å²) in [5.74, 6) is 0.716. The van der Waals surface area contributed by atoms with Crippen molar-refractivity contribution in [3.8, 4) is 5.75 Å². The largest absolute Gasteiger partial charge is 0.497 e. The number of likely N-dealkylation sites (N-methyl/N-ethyl adjacent to an activating group) is 2. The third kappa shape index (κ3) is 2.73. The maximum atomic E-state index is 12.2. The molecule has 114 valence electrons. The standard InChI is InChI=1S/C16H22N2O3/c1-16(14(19)17(2)15(20)18(16)3)11-5-6-12-7-9-13(21-4)10-8-12/h7-10H,5-6,11H2,1-4H3. The summed E-state index contributed by atoms with van der Waals surface area (Å²) in [7, 11) is 4.87. The van der Waals surface area contributed by atoms with Gasteiger partial charge in [-0.3, -0.25) is 9.69 Å². The molecule has 0 aliphatic carbocycles. The van der Waals surface area contributed by atoms with E-state index in [0.717, 1.165) is 18.6 Å². The molecule has 0 N–H and O–H groups in total. The van der Waals surface area contributed by atoms with Crippen LogP contribution in [0.2, 0.25) is 0 Å². The molecule has 0 radical (unpaired) electrons. The Morgan fingerprint density at radius 2 is 1.76 bits per heavy atom. The topological polar surface area (TPSA) is 49.9 Å². The Morgan fingerprint density at radius 3 is 2.24 bits per heavy atom. The number of ether oxygens (including phenoxy) is 1. The van der Waals surface area contributed by atoms with Crippen LogP contribution in [0, 0.1) is 0 Å². The van der Waals surface area contributed by atoms with Gasteiger partial charge in [0.25, 0.3) is 5.91 Å². The van der Waals surface area contributed by atoms with Crippen LogP contribution in [0.15, 0.2) is 24.3 Å². The predicted octanol–water partition coefficient (Wildman–Crippen LogP) is 2.30. The minimum absolute atomic E-state index is 0.121. The number of imide groups is 1. The Morgan fingerprint density at radius 1 is 1.14 bits per heavy atom. The summed E-state index contributed by atoms with van der Waals surface area (Å²) < 4.78 is 5.13. The van der Waals surface area contributed by atoms with Gasteiger partial charge in [0.1, 0.15) is 11.3 Å². The fraction of sp³-hybridized carbons (Fsp3) is 0.500. The molecule has 1 aliphatic heterocycles. The van der Waals surface area contributed by atoms with Crippen molar-refractivity contribution in [2.75, 3.05) is 21.2 Å². The van der Waals surface area contributed by atoms with E-state index in [1.165, 1.54) is 17.5 Å². The molecule has 21 heavy (non-hydrogen) atoms. The van der Waals surface area contributed by atoms with E-state index in [2.05, 4.69) is 0 Å². The molecule has 0 spiro atoms. The SMILES string of the molecule is COc1ccc(CCCC2(C)C(=O)N(C)C(=O)N2C)cc1. The second-order valence-electron chi connectivity index (χ2n) is 5.68. The molecule has 1 atom stereocenters. The first-order chi connectivity index (χ1) is 9.90. The number of carbonyl (C=O) groups is 2. The van der Waals surface area contributed by atoms with Gasteiger partial charge in [0.2, 0.25) is 0 Å². The zero-order valence-electron chi connectivity index (χ0n) is 13.0. The van der Waals surface area contributed by atoms with Crippen molar-refractivity contribution in [3.05, 3.63) is 29.8 Å². The Balaban J connectivity index is 1.96. The number of methoxy groups -OCH3 is 1. The van der Waals surface area contributed by atoms with Gasteiger partial charge in [-0.2, -0.15) is 0 Å². The van der Waals surface area contributed by atoms with Crippen molar-refractivity contribution >= 4 is 11.9 Å². The van der Waals surface area contributed by atoms with Gasteiger partial charge in [0, 0.05) is 14.1 Å². The zero-order valence-corrected chi connectivity index (χ0v) is 13.0. The van der Waals surface area contributed by atoms with Crippen LogP contribution in [-0.4, -0.2) is 48.5 Å². The summed E-state index contributed by atoms with van der Waals surface area (Å²) in [4.78, 5) is 26.8. The molecule has 0 bridgehead atoms. The zero-order chi connectivity index (χ0) is 15.6. The van der Waals surface area contributed by atoms with Crippen molar-refractivity contribution in [2.24, 2.45) is 0 Å². The van der Waals surface area contributed by atoms with Crippen molar-refractivity contribution < 1.29 is 14.3 Å². The average molecular weight is 290 g/mol. The number of hydrogen-bond acceptors (Lipinski definition) is 3. The summed E-state index contributed by atoms with van der Waals surface area (Å²) in [5, 5.41) is 0. The van der Waals surface area contributed by atoms with Gasteiger partial charge in [0.05, 0.1) is 7.11 Å². The quantitative estimate of drug-likeness (QED) is 0.782. The molecule has 5 heteroatoms. The van der Waals surface area contributed by atoms with E-state index in [0.29, 0.717) is 6.42 Å². The van der Waals surface area contributed by atoms with Gasteiger partial charge in [-0.15, -0.1) is 0 Å². The van der Waals surface area contributed by atoms with Crippen molar-refractivity contribution in [1.82, 2.24) is 9.80 Å². The number of rotatable bonds is 5. The maximum absolute atomic E-state index is 12.2. The van der Waals surface area contributed by atoms with Gasteiger partial charge < -0.3 is 9.64 Å². The van der Waals surface area contributed by atoms with Crippen LogP contribution in [0.5, 0.6) is 5.75 Å². The van der Waals surface area contributed by atoms with Crippen molar-refractivity contribution in [3.63, 3.8) is 0 Å². The van der Waals surface area contributed by atoms with E-state index in [4.69, 9.17) is 4.74 Å². The average Bonchev–Trinajstić information content (AvgIpc) is 2.64. The normalized spacial score (nSPS) is 22.1. The number of urea groups is 1. The van der Waals surface area contributed by atoms with Gasteiger partial charge in [0.15, 0.2) is 0 Å². The van der Waals surface area contributed by atoms with Gasteiger partial charge in [-0.1, -0.05) is 12.1 Å². The van der Waals surface area contributed by atoms with Crippen LogP contribution < -0.4 is 4.74 Å². The third-order valence-electron chi connectivity index (χ3n) is 4.37. The highest BCUT2D eigenvalue weighted by Crippen LogP contribution is 2.30. The number of benzene rings is 1. The highest BCUT2D eigenvalue weighted by atomic mass is 16.5. The molecule has 1 saturated heterocycles. The lowest BCUT2D eigenvalue weighted by Crippen LogP contribution is -2.44. The van der Waals surface area contributed by atoms with E-state index >= 15 is 0 Å². The Kier molecular flexibility index (Phi) is 4.21. The highest BCUT2D eigenvalue weighted by Gasteiger charge is 2.50. The molecule has 1 unspecified atom stereocenters. The molecule has 3 amide bonds. The first kappa shape index (κ1) is 15.4. The second-order valence-corrected chi connectivity index (χ2v) is 5.68. The summed E-state index contributed by atoms with van der Waals surface area (Å²) in [6.45, 7) is 1.84. The minimum Gasteiger partial charge on any atom is -0.497 e. The van der Waals surface area contributed by atoms with Gasteiger partial charge in [-0.05, 0) is 43.9 Å². The molecule has 5 nitrogen and oxygen atoms in total. The molecule has 2 rings (SSSR count). The van der Waals surface area contributed by atoms with Crippen LogP contribution >= 0.6 is 0 Å². The van der Waals surface area contributed by atoms with E-state index in [-0.39, 0.29) is 11.9 Å². The van der Waals surface area contributed by atoms with Crippen LogP contribution in [0.25, 0.3) is 0 Å². The van der Waals surface area contributed by atoms with Crippen molar-refractivity contribution in [2.45, 2.75) is 31.7 Å². The Labute approximate surface area is 125 Å². The first-order valence-corrected chi connectivity index (χ1v) is 7.09. The summed E-state index contributed by atoms with van der Waals surface area (Å²) >= 11 is 0. The lowest BCUT2D eigenvalue weighted by molar-refractivity contribution is -0.131.